The van der Waals surface area contributed by atoms with Gasteiger partial charge in [0.2, 0.25) is 0 Å². The summed E-state index contributed by atoms with van der Waals surface area (Å²) in [4.78, 5) is 5.10. The summed E-state index contributed by atoms with van der Waals surface area (Å²) in [5.74, 6) is 3.12. The number of rotatable bonds is 13. The first kappa shape index (κ1) is 53.0. The Kier molecular flexibility index (Phi) is 14.7. The average Bonchev–Trinajstić information content (AvgIpc) is 4.01. The van der Waals surface area contributed by atoms with Gasteiger partial charge in [-0.15, -0.1) is 35.2 Å². The van der Waals surface area contributed by atoms with Gasteiger partial charge in [0.1, 0.15) is 5.82 Å². The van der Waals surface area contributed by atoms with Crippen molar-refractivity contribution < 1.29 is 30.4 Å². The average molecular weight is 1170 g/mol. The van der Waals surface area contributed by atoms with Crippen LogP contribution in [0.5, 0.6) is 11.5 Å². The molecule has 7 aromatic carbocycles. The second-order valence-corrected chi connectivity index (χ2v) is 23.2. The number of ether oxygens (including phenoxy) is 1. The fraction of sp³-hybridized carbons (Fsp3) is 0.275. The quantitative estimate of drug-likeness (QED) is 0.0852. The molecule has 75 heavy (non-hydrogen) atoms. The molecule has 0 saturated carbocycles. The number of imidazole rings is 1. The fourth-order valence-corrected chi connectivity index (χ4v) is 10.6. The molecule has 3 heterocycles. The zero-order valence-electron chi connectivity index (χ0n) is 45.9. The number of para-hydroxylation sites is 1. The number of benzene rings is 7. The van der Waals surface area contributed by atoms with Crippen LogP contribution in [-0.2, 0) is 37.3 Å². The van der Waals surface area contributed by atoms with Crippen LogP contribution in [0.1, 0.15) is 152 Å². The van der Waals surface area contributed by atoms with Gasteiger partial charge in [0, 0.05) is 55.9 Å². The molecule has 0 bridgehead atoms. The number of fused-ring (bicyclic) bond motifs is 3. The van der Waals surface area contributed by atoms with E-state index in [0.717, 1.165) is 55.8 Å². The monoisotopic (exact) mass is 1170 g/mol. The van der Waals surface area contributed by atoms with Crippen molar-refractivity contribution in [1.29, 1.82) is 0 Å². The van der Waals surface area contributed by atoms with Crippen molar-refractivity contribution >= 4 is 21.8 Å². The summed E-state index contributed by atoms with van der Waals surface area (Å²) in [6.45, 7) is 29.7. The summed E-state index contributed by atoms with van der Waals surface area (Å²) >= 11 is 0. The van der Waals surface area contributed by atoms with Crippen LogP contribution in [0, 0.1) is 18.5 Å². The van der Waals surface area contributed by atoms with Crippen LogP contribution in [0.4, 0.5) is 0 Å². The normalized spacial score (nSPS) is 12.3. The molecule has 0 radical (unpaired) electrons. The van der Waals surface area contributed by atoms with Crippen LogP contribution in [0.2, 0.25) is 0 Å². The molecule has 0 atom stereocenters. The van der Waals surface area contributed by atoms with Gasteiger partial charge in [0.25, 0.3) is 6.33 Å². The Hall–Kier alpha value is -6.81. The second-order valence-electron chi connectivity index (χ2n) is 23.2. The maximum absolute atomic E-state index is 7.05. The van der Waals surface area contributed by atoms with Crippen molar-refractivity contribution in [2.75, 3.05) is 0 Å². The van der Waals surface area contributed by atoms with Crippen molar-refractivity contribution in [2.24, 2.45) is 0 Å². The molecule has 0 unspecified atom stereocenters. The Bertz CT molecular complexity index is 3630. The van der Waals surface area contributed by atoms with Gasteiger partial charge in [0.15, 0.2) is 0 Å². The molecule has 0 spiro atoms. The largest absolute Gasteiger partial charge is 0.510 e. The van der Waals surface area contributed by atoms with E-state index < -0.39 is 5.41 Å². The van der Waals surface area contributed by atoms with Crippen molar-refractivity contribution in [2.45, 2.75) is 124 Å². The minimum atomic E-state index is -0.393. The summed E-state index contributed by atoms with van der Waals surface area (Å²) in [6.07, 6.45) is 7.99. The van der Waals surface area contributed by atoms with Crippen molar-refractivity contribution in [3.63, 3.8) is 0 Å². The Morgan fingerprint density at radius 3 is 1.81 bits per heavy atom. The first-order valence-corrected chi connectivity index (χ1v) is 26.4. The molecule has 5 nitrogen and oxygen atoms in total. The number of pyridine rings is 1. The van der Waals surface area contributed by atoms with Crippen LogP contribution in [-0.4, -0.2) is 14.1 Å². The molecule has 10 rings (SSSR count). The fourth-order valence-electron chi connectivity index (χ4n) is 10.6. The van der Waals surface area contributed by atoms with Gasteiger partial charge in [-0.2, -0.15) is 12.1 Å². The Morgan fingerprint density at radius 1 is 0.547 bits per heavy atom. The van der Waals surface area contributed by atoms with Crippen LogP contribution >= 0.6 is 0 Å². The van der Waals surface area contributed by atoms with Crippen LogP contribution < -0.4 is 9.30 Å². The SMILES string of the molecule is CC(C)c1cc(C(C)C)c(-c2ccnc(-n3c4[c-]c(Oc5[c-]c(-n6[c-][n+](-c7cccc(C(C)(C)C)c7)c(C(C)(C)c7ccccc7)c6)cc(C(C)(C)c6ccccc6)c5)ccc4c4ccccc43)c2)c(C(C)C)c1.[Pt]. The summed E-state index contributed by atoms with van der Waals surface area (Å²) in [5.41, 5.74) is 15.4. The van der Waals surface area contributed by atoms with Crippen LogP contribution in [0.25, 0.3) is 50.1 Å². The molecule has 0 fully saturated rings. The molecule has 6 heteroatoms. The number of hydrogen-bond donors (Lipinski definition) is 0. The van der Waals surface area contributed by atoms with Gasteiger partial charge in [-0.05, 0) is 114 Å². The van der Waals surface area contributed by atoms with Crippen molar-refractivity contribution in [1.82, 2.24) is 14.1 Å². The predicted molar refractivity (Wildman–Crippen MR) is 306 cm³/mol. The third-order valence-electron chi connectivity index (χ3n) is 15.3. The molecule has 0 saturated heterocycles. The molecule has 0 aliphatic carbocycles. The van der Waals surface area contributed by atoms with Gasteiger partial charge in [-0.25, -0.2) is 4.98 Å². The first-order valence-electron chi connectivity index (χ1n) is 26.4. The molecular weight excluding hydrogens is 1100 g/mol. The minimum Gasteiger partial charge on any atom is -0.510 e. The van der Waals surface area contributed by atoms with E-state index in [2.05, 4.69) is 280 Å². The Labute approximate surface area is 460 Å². The van der Waals surface area contributed by atoms with Gasteiger partial charge in [-0.3, -0.25) is 4.57 Å². The molecule has 384 valence electrons. The summed E-state index contributed by atoms with van der Waals surface area (Å²) < 4.78 is 13.6. The minimum absolute atomic E-state index is 0. The summed E-state index contributed by atoms with van der Waals surface area (Å²) in [7, 11) is 0. The van der Waals surface area contributed by atoms with E-state index in [9.17, 15) is 0 Å². The Balaban J connectivity index is 0.00000689. The molecule has 0 aliphatic heterocycles. The van der Waals surface area contributed by atoms with Gasteiger partial charge >= 0.3 is 0 Å². The van der Waals surface area contributed by atoms with E-state index in [1.54, 1.807) is 0 Å². The topological polar surface area (TPSA) is 35.9 Å². The number of aromatic nitrogens is 4. The first-order chi connectivity index (χ1) is 35.3. The van der Waals surface area contributed by atoms with E-state index in [-0.39, 0.29) is 31.9 Å². The zero-order chi connectivity index (χ0) is 52.3. The molecule has 10 aromatic rings. The zero-order valence-corrected chi connectivity index (χ0v) is 48.2. The van der Waals surface area contributed by atoms with Crippen LogP contribution in [0.15, 0.2) is 170 Å². The van der Waals surface area contributed by atoms with Crippen molar-refractivity contribution in [3.05, 3.63) is 233 Å². The van der Waals surface area contributed by atoms with Gasteiger partial charge in [-0.1, -0.05) is 199 Å². The number of hydrogen-bond acceptors (Lipinski definition) is 2. The molecule has 0 amide bonds. The smallest absolute Gasteiger partial charge is 0.267 e. The third-order valence-corrected chi connectivity index (χ3v) is 15.3. The summed E-state index contributed by atoms with van der Waals surface area (Å²) in [6, 6.07) is 64.2. The predicted octanol–water partition coefficient (Wildman–Crippen LogP) is 17.4. The van der Waals surface area contributed by atoms with E-state index in [4.69, 9.17) is 9.72 Å². The maximum atomic E-state index is 7.05. The van der Waals surface area contributed by atoms with Crippen LogP contribution in [0.3, 0.4) is 0 Å². The van der Waals surface area contributed by atoms with Crippen molar-refractivity contribution in [3.8, 4) is 39.8 Å². The molecule has 0 N–H and O–H groups in total. The van der Waals surface area contributed by atoms with Gasteiger partial charge < -0.3 is 13.9 Å². The summed E-state index contributed by atoms with van der Waals surface area (Å²) in [5, 5.41) is 2.20. The molecule has 0 aliphatic rings. The molecular formula is C69H70N4OPt-2. The third kappa shape index (κ3) is 10.2. The van der Waals surface area contributed by atoms with E-state index in [1.165, 1.54) is 38.9 Å². The second kappa shape index (κ2) is 20.7. The van der Waals surface area contributed by atoms with Gasteiger partial charge in [0.05, 0.1) is 11.4 Å². The number of nitrogens with zero attached hydrogens (tertiary/aromatic N) is 4. The maximum Gasteiger partial charge on any atom is 0.267 e. The standard InChI is InChI=1S/C69H70N4O.Pt/c1-45(2)49-35-60(46(3)4)66(61(36-49)47(5)6)48-33-34-70-65(37-48)73-62-30-21-20-29-58(62)59-32-31-56(42-63(59)73)74-57-40-53(68(10,11)50-23-16-14-17-24-50)39-55(41-57)71-43-64(69(12,13)51-25-18-15-19-26-51)72(44-71)54-28-22-27-52(38-54)67(7,8)9;/h14-40,43,45-47H,1-13H3;/q-2;. The van der Waals surface area contributed by atoms with E-state index >= 15 is 0 Å². The van der Waals surface area contributed by atoms with E-state index in [0.29, 0.717) is 29.3 Å². The molecule has 3 aromatic heterocycles. The Morgan fingerprint density at radius 2 is 1.17 bits per heavy atom. The van der Waals surface area contributed by atoms with E-state index in [1.807, 2.05) is 12.3 Å².